The number of aryl methyl sites for hydroxylation is 1. The van der Waals surface area contributed by atoms with Crippen molar-refractivity contribution in [3.63, 3.8) is 0 Å². The molecule has 2 heterocycles. The molecule has 2 aromatic carbocycles. The van der Waals surface area contributed by atoms with Crippen LogP contribution in [0, 0.1) is 6.92 Å². The Hall–Kier alpha value is -2.90. The summed E-state index contributed by atoms with van der Waals surface area (Å²) in [4.78, 5) is 31.7. The van der Waals surface area contributed by atoms with Crippen LogP contribution < -0.4 is 11.0 Å². The molecule has 0 saturated heterocycles. The van der Waals surface area contributed by atoms with Gasteiger partial charge in [-0.1, -0.05) is 48.0 Å². The molecule has 4 rings (SSSR count). The maximum absolute atomic E-state index is 13.0. The highest BCUT2D eigenvalue weighted by Gasteiger charge is 2.18. The average molecular weight is 422 g/mol. The van der Waals surface area contributed by atoms with Crippen LogP contribution in [-0.4, -0.2) is 20.8 Å². The van der Waals surface area contributed by atoms with Crippen molar-refractivity contribution in [3.8, 4) is 11.1 Å². The molecule has 1 unspecified atom stereocenters. The normalized spacial score (nSPS) is 12.1. The molecule has 0 bridgehead atoms. The van der Waals surface area contributed by atoms with Gasteiger partial charge in [0, 0.05) is 15.8 Å². The number of thioether (sulfide) groups is 1. The first kappa shape index (κ1) is 19.4. The van der Waals surface area contributed by atoms with Crippen LogP contribution in [0.1, 0.15) is 12.5 Å². The van der Waals surface area contributed by atoms with Gasteiger partial charge < -0.3 is 0 Å². The van der Waals surface area contributed by atoms with Gasteiger partial charge in [-0.25, -0.2) is 9.66 Å². The zero-order chi connectivity index (χ0) is 20.4. The molecule has 0 fully saturated rings. The predicted octanol–water partition coefficient (Wildman–Crippen LogP) is 4.68. The van der Waals surface area contributed by atoms with Crippen molar-refractivity contribution in [2.75, 3.05) is 5.43 Å². The van der Waals surface area contributed by atoms with E-state index in [2.05, 4.69) is 10.4 Å². The van der Waals surface area contributed by atoms with Crippen LogP contribution in [0.4, 0.5) is 0 Å². The third-order valence-corrected chi connectivity index (χ3v) is 6.51. The summed E-state index contributed by atoms with van der Waals surface area (Å²) in [6, 6.07) is 17.7. The van der Waals surface area contributed by atoms with Crippen LogP contribution in [0.3, 0.4) is 0 Å². The molecule has 2 aromatic heterocycles. The largest absolute Gasteiger partial charge is 0.281 e. The van der Waals surface area contributed by atoms with Crippen LogP contribution in [0.15, 0.2) is 76.0 Å². The number of nitrogens with zero attached hydrogens (tertiary/aromatic N) is 2. The van der Waals surface area contributed by atoms with Crippen LogP contribution in [-0.2, 0) is 4.79 Å². The molecule has 0 radical (unpaired) electrons. The molecule has 4 aromatic rings. The number of aromatic nitrogens is 2. The summed E-state index contributed by atoms with van der Waals surface area (Å²) in [7, 11) is 0. The van der Waals surface area contributed by atoms with Crippen LogP contribution in [0.25, 0.3) is 21.3 Å². The zero-order valence-electron chi connectivity index (χ0n) is 16.0. The lowest BCUT2D eigenvalue weighted by molar-refractivity contribution is -0.116. The lowest BCUT2D eigenvalue weighted by Crippen LogP contribution is -2.36. The molecule has 29 heavy (non-hydrogen) atoms. The Morgan fingerprint density at radius 3 is 2.59 bits per heavy atom. The molecule has 1 atom stereocenters. The van der Waals surface area contributed by atoms with E-state index in [1.807, 2.05) is 73.8 Å². The van der Waals surface area contributed by atoms with E-state index in [-0.39, 0.29) is 16.7 Å². The van der Waals surface area contributed by atoms with E-state index in [1.165, 1.54) is 39.7 Å². The molecule has 0 spiro atoms. The highest BCUT2D eigenvalue weighted by atomic mass is 32.2. The SMILES string of the molecule is Cc1ccc(SC(C)C(=O)Nn2cnc3scc(-c4ccccc4)c3c2=O)cc1. The molecule has 0 aliphatic carbocycles. The van der Waals surface area contributed by atoms with Gasteiger partial charge in [-0.05, 0) is 31.5 Å². The first-order chi connectivity index (χ1) is 14.0. The third-order valence-electron chi connectivity index (χ3n) is 4.51. The number of amides is 1. The van der Waals surface area contributed by atoms with E-state index < -0.39 is 0 Å². The second-order valence-electron chi connectivity index (χ2n) is 6.66. The van der Waals surface area contributed by atoms with Gasteiger partial charge in [-0.15, -0.1) is 23.1 Å². The smallest absolute Gasteiger partial charge is 0.272 e. The Kier molecular flexibility index (Phi) is 5.51. The van der Waals surface area contributed by atoms with Gasteiger partial charge in [0.25, 0.3) is 11.5 Å². The number of carbonyl (C=O) groups is 1. The van der Waals surface area contributed by atoms with Gasteiger partial charge >= 0.3 is 0 Å². The molecular weight excluding hydrogens is 402 g/mol. The van der Waals surface area contributed by atoms with E-state index in [0.717, 1.165) is 16.0 Å². The Balaban J connectivity index is 1.59. The first-order valence-corrected chi connectivity index (χ1v) is 10.9. The van der Waals surface area contributed by atoms with E-state index in [0.29, 0.717) is 10.2 Å². The summed E-state index contributed by atoms with van der Waals surface area (Å²) in [5, 5.41) is 2.08. The Bertz CT molecular complexity index is 1210. The Morgan fingerprint density at radius 2 is 1.86 bits per heavy atom. The number of nitrogens with one attached hydrogen (secondary N) is 1. The minimum Gasteiger partial charge on any atom is -0.272 e. The van der Waals surface area contributed by atoms with Gasteiger partial charge in [0.2, 0.25) is 0 Å². The third kappa shape index (κ3) is 4.11. The maximum Gasteiger partial charge on any atom is 0.281 e. The summed E-state index contributed by atoms with van der Waals surface area (Å²) in [6.45, 7) is 3.84. The maximum atomic E-state index is 13.0. The number of thiophene rings is 1. The van der Waals surface area contributed by atoms with E-state index in [1.54, 1.807) is 0 Å². The van der Waals surface area contributed by atoms with Crippen molar-refractivity contribution in [1.29, 1.82) is 0 Å². The van der Waals surface area contributed by atoms with E-state index in [9.17, 15) is 9.59 Å². The number of benzene rings is 2. The molecule has 0 aliphatic rings. The van der Waals surface area contributed by atoms with Gasteiger partial charge in [0.15, 0.2) is 0 Å². The fourth-order valence-electron chi connectivity index (χ4n) is 2.93. The van der Waals surface area contributed by atoms with Crippen LogP contribution in [0.5, 0.6) is 0 Å². The highest BCUT2D eigenvalue weighted by molar-refractivity contribution is 8.00. The summed E-state index contributed by atoms with van der Waals surface area (Å²) < 4.78 is 1.18. The molecule has 1 N–H and O–H groups in total. The molecule has 7 heteroatoms. The van der Waals surface area contributed by atoms with Crippen molar-refractivity contribution in [2.45, 2.75) is 24.0 Å². The summed E-state index contributed by atoms with van der Waals surface area (Å²) in [5.74, 6) is -0.254. The zero-order valence-corrected chi connectivity index (χ0v) is 17.6. The number of rotatable bonds is 5. The standard InChI is InChI=1S/C22H19N3O2S2/c1-14-8-10-17(11-9-14)29-15(2)20(26)24-25-13-23-21-19(22(25)27)18(12-28-21)16-6-4-3-5-7-16/h3-13,15H,1-2H3,(H,24,26). The number of fused-ring (bicyclic) bond motifs is 1. The van der Waals surface area contributed by atoms with Crippen LogP contribution >= 0.6 is 23.1 Å². The molecule has 0 saturated carbocycles. The first-order valence-electron chi connectivity index (χ1n) is 9.11. The quantitative estimate of drug-likeness (QED) is 0.475. The highest BCUT2D eigenvalue weighted by Crippen LogP contribution is 2.30. The Morgan fingerprint density at radius 1 is 1.14 bits per heavy atom. The average Bonchev–Trinajstić information content (AvgIpc) is 3.17. The lowest BCUT2D eigenvalue weighted by Gasteiger charge is -2.13. The van der Waals surface area contributed by atoms with E-state index >= 15 is 0 Å². The van der Waals surface area contributed by atoms with Gasteiger partial charge in [0.05, 0.1) is 10.6 Å². The van der Waals surface area contributed by atoms with Gasteiger partial charge in [-0.3, -0.25) is 15.0 Å². The number of hydrogen-bond donors (Lipinski definition) is 1. The van der Waals surface area contributed by atoms with Crippen molar-refractivity contribution in [1.82, 2.24) is 9.66 Å². The topological polar surface area (TPSA) is 64.0 Å². The lowest BCUT2D eigenvalue weighted by atomic mass is 10.1. The van der Waals surface area contributed by atoms with Crippen molar-refractivity contribution < 1.29 is 4.79 Å². The van der Waals surface area contributed by atoms with Crippen LogP contribution in [0.2, 0.25) is 0 Å². The van der Waals surface area contributed by atoms with Gasteiger partial charge in [-0.2, -0.15) is 0 Å². The summed E-state index contributed by atoms with van der Waals surface area (Å²) in [6.07, 6.45) is 1.37. The second-order valence-corrected chi connectivity index (χ2v) is 8.94. The summed E-state index contributed by atoms with van der Waals surface area (Å²) in [5.41, 5.74) is 5.35. The van der Waals surface area contributed by atoms with Crippen molar-refractivity contribution in [2.24, 2.45) is 0 Å². The minimum atomic E-state index is -0.364. The fraction of sp³-hybridized carbons (Fsp3) is 0.136. The number of hydrogen-bond acceptors (Lipinski definition) is 5. The monoisotopic (exact) mass is 421 g/mol. The van der Waals surface area contributed by atoms with Crippen molar-refractivity contribution in [3.05, 3.63) is 82.2 Å². The molecule has 0 aliphatic heterocycles. The molecule has 146 valence electrons. The second kappa shape index (κ2) is 8.23. The summed E-state index contributed by atoms with van der Waals surface area (Å²) >= 11 is 2.86. The molecular formula is C22H19N3O2S2. The predicted molar refractivity (Wildman–Crippen MR) is 120 cm³/mol. The van der Waals surface area contributed by atoms with E-state index in [4.69, 9.17) is 0 Å². The molecule has 1 amide bonds. The fourth-order valence-corrected chi connectivity index (χ4v) is 4.69. The molecule has 5 nitrogen and oxygen atoms in total. The Labute approximate surface area is 176 Å². The minimum absolute atomic E-state index is 0.254. The van der Waals surface area contributed by atoms with Crippen molar-refractivity contribution >= 4 is 39.2 Å². The van der Waals surface area contributed by atoms with Gasteiger partial charge in [0.1, 0.15) is 11.2 Å². The number of carbonyl (C=O) groups excluding carboxylic acids is 1.